The highest BCUT2D eigenvalue weighted by atomic mass is 35.5. The third-order valence-electron chi connectivity index (χ3n) is 3.48. The zero-order chi connectivity index (χ0) is 12.6. The molecule has 0 saturated carbocycles. The van der Waals surface area contributed by atoms with E-state index < -0.39 is 0 Å². The fourth-order valence-corrected chi connectivity index (χ4v) is 2.55. The van der Waals surface area contributed by atoms with E-state index >= 15 is 0 Å². The number of nitrogens with zero attached hydrogens (tertiary/aromatic N) is 3. The molecular formula is C12H21ClN4O. The van der Waals surface area contributed by atoms with Crippen LogP contribution in [0, 0.1) is 12.8 Å². The highest BCUT2D eigenvalue weighted by molar-refractivity contribution is 5.93. The Kier molecular flexibility index (Phi) is 4.76. The molecule has 0 spiro atoms. The molecule has 2 heterocycles. The molecule has 2 atom stereocenters. The van der Waals surface area contributed by atoms with E-state index in [4.69, 9.17) is 5.73 Å². The summed E-state index contributed by atoms with van der Waals surface area (Å²) in [4.78, 5) is 14.3. The van der Waals surface area contributed by atoms with Gasteiger partial charge in [-0.05, 0) is 38.8 Å². The molecule has 5 nitrogen and oxygen atoms in total. The van der Waals surface area contributed by atoms with Crippen molar-refractivity contribution in [3.8, 4) is 0 Å². The second-order valence-corrected chi connectivity index (χ2v) is 4.94. The summed E-state index contributed by atoms with van der Waals surface area (Å²) < 4.78 is 1.65. The van der Waals surface area contributed by atoms with E-state index in [2.05, 4.69) is 12.0 Å². The molecule has 1 aliphatic heterocycles. The first-order valence-corrected chi connectivity index (χ1v) is 6.04. The Bertz CT molecular complexity index is 432. The van der Waals surface area contributed by atoms with Crippen molar-refractivity contribution >= 4 is 18.3 Å². The number of likely N-dealkylation sites (tertiary alicyclic amines) is 1. The summed E-state index contributed by atoms with van der Waals surface area (Å²) in [5.41, 5.74) is 7.21. The standard InChI is InChI=1S/C12H20N4O.ClH/c1-8-4-11(15(3)14-8)12(17)16-7-10(6-13)5-9(16)2;/h4,9-10H,5-7,13H2,1-3H3;1H. The second-order valence-electron chi connectivity index (χ2n) is 4.94. The monoisotopic (exact) mass is 272 g/mol. The van der Waals surface area contributed by atoms with Crippen LogP contribution in [0.15, 0.2) is 6.07 Å². The number of hydrogen-bond donors (Lipinski definition) is 1. The number of aryl methyl sites for hydroxylation is 2. The largest absolute Gasteiger partial charge is 0.334 e. The van der Waals surface area contributed by atoms with E-state index in [-0.39, 0.29) is 24.4 Å². The molecule has 2 unspecified atom stereocenters. The predicted molar refractivity (Wildman–Crippen MR) is 72.9 cm³/mol. The van der Waals surface area contributed by atoms with E-state index in [9.17, 15) is 4.79 Å². The van der Waals surface area contributed by atoms with Gasteiger partial charge in [0.15, 0.2) is 0 Å². The van der Waals surface area contributed by atoms with E-state index in [1.807, 2.05) is 17.9 Å². The lowest BCUT2D eigenvalue weighted by Gasteiger charge is -2.21. The lowest BCUT2D eigenvalue weighted by molar-refractivity contribution is 0.0732. The Balaban J connectivity index is 0.00000162. The molecule has 0 aromatic carbocycles. The van der Waals surface area contributed by atoms with Crippen LogP contribution in [0.3, 0.4) is 0 Å². The first-order valence-electron chi connectivity index (χ1n) is 6.04. The van der Waals surface area contributed by atoms with Crippen LogP contribution in [0.1, 0.15) is 29.5 Å². The molecule has 1 fully saturated rings. The maximum absolute atomic E-state index is 12.4. The normalized spacial score (nSPS) is 23.0. The quantitative estimate of drug-likeness (QED) is 0.872. The van der Waals surface area contributed by atoms with Crippen LogP contribution in [0.5, 0.6) is 0 Å². The van der Waals surface area contributed by atoms with Crippen LogP contribution in [0.2, 0.25) is 0 Å². The van der Waals surface area contributed by atoms with Crippen molar-refractivity contribution in [1.82, 2.24) is 14.7 Å². The Morgan fingerprint density at radius 2 is 2.28 bits per heavy atom. The van der Waals surface area contributed by atoms with E-state index in [0.29, 0.717) is 18.2 Å². The lowest BCUT2D eigenvalue weighted by Crippen LogP contribution is -2.35. The SMILES string of the molecule is Cc1cc(C(=O)N2CC(CN)CC2C)n(C)n1.Cl. The Hall–Kier alpha value is -1.07. The average molecular weight is 273 g/mol. The zero-order valence-electron chi connectivity index (χ0n) is 11.1. The molecule has 1 aliphatic rings. The van der Waals surface area contributed by atoms with Crippen molar-refractivity contribution in [2.75, 3.05) is 13.1 Å². The summed E-state index contributed by atoms with van der Waals surface area (Å²) in [7, 11) is 1.81. The Morgan fingerprint density at radius 3 is 2.72 bits per heavy atom. The summed E-state index contributed by atoms with van der Waals surface area (Å²) >= 11 is 0. The van der Waals surface area contributed by atoms with Crippen LogP contribution in [0.4, 0.5) is 0 Å². The van der Waals surface area contributed by atoms with Gasteiger partial charge in [-0.1, -0.05) is 0 Å². The third kappa shape index (κ3) is 2.67. The number of aromatic nitrogens is 2. The molecule has 1 aromatic rings. The van der Waals surface area contributed by atoms with E-state index in [1.54, 1.807) is 11.7 Å². The summed E-state index contributed by atoms with van der Waals surface area (Å²) in [6.45, 7) is 5.39. The zero-order valence-corrected chi connectivity index (χ0v) is 11.9. The molecule has 2 N–H and O–H groups in total. The van der Waals surface area contributed by atoms with E-state index in [1.165, 1.54) is 0 Å². The molecule has 1 aromatic heterocycles. The number of hydrogen-bond acceptors (Lipinski definition) is 3. The smallest absolute Gasteiger partial charge is 0.272 e. The first-order chi connectivity index (χ1) is 8.02. The van der Waals surface area contributed by atoms with Gasteiger partial charge in [-0.25, -0.2) is 0 Å². The first kappa shape index (κ1) is 15.0. The Morgan fingerprint density at radius 1 is 1.61 bits per heavy atom. The number of amides is 1. The van der Waals surface area contributed by atoms with Crippen LogP contribution >= 0.6 is 12.4 Å². The van der Waals surface area contributed by atoms with Gasteiger partial charge in [0.05, 0.1) is 5.69 Å². The fourth-order valence-electron chi connectivity index (χ4n) is 2.55. The highest BCUT2D eigenvalue weighted by Gasteiger charge is 2.33. The van der Waals surface area contributed by atoms with Crippen LogP contribution < -0.4 is 5.73 Å². The van der Waals surface area contributed by atoms with Crippen LogP contribution in [-0.2, 0) is 7.05 Å². The second kappa shape index (κ2) is 5.71. The predicted octanol–water partition coefficient (Wildman–Crippen LogP) is 0.960. The summed E-state index contributed by atoms with van der Waals surface area (Å²) in [5, 5.41) is 4.21. The van der Waals surface area contributed by atoms with Crippen LogP contribution in [0.25, 0.3) is 0 Å². The molecule has 0 radical (unpaired) electrons. The molecular weight excluding hydrogens is 252 g/mol. The van der Waals surface area contributed by atoms with Gasteiger partial charge >= 0.3 is 0 Å². The van der Waals surface area contributed by atoms with Gasteiger partial charge in [0.25, 0.3) is 5.91 Å². The topological polar surface area (TPSA) is 64.2 Å². The van der Waals surface area contributed by atoms with E-state index in [0.717, 1.165) is 18.7 Å². The minimum absolute atomic E-state index is 0. The lowest BCUT2D eigenvalue weighted by atomic mass is 10.1. The number of carbonyl (C=O) groups excluding carboxylic acids is 1. The van der Waals surface area contributed by atoms with Gasteiger partial charge in [0.1, 0.15) is 5.69 Å². The summed E-state index contributed by atoms with van der Waals surface area (Å²) in [5.74, 6) is 0.500. The van der Waals surface area contributed by atoms with Gasteiger partial charge in [0.2, 0.25) is 0 Å². The maximum atomic E-state index is 12.4. The number of halogens is 1. The number of nitrogens with two attached hydrogens (primary N) is 1. The molecule has 0 bridgehead atoms. The summed E-state index contributed by atoms with van der Waals surface area (Å²) in [6, 6.07) is 2.11. The number of carbonyl (C=O) groups is 1. The average Bonchev–Trinajstić information content (AvgIpc) is 2.81. The van der Waals surface area contributed by atoms with Crippen molar-refractivity contribution in [1.29, 1.82) is 0 Å². The summed E-state index contributed by atoms with van der Waals surface area (Å²) in [6.07, 6.45) is 0.999. The fraction of sp³-hybridized carbons (Fsp3) is 0.667. The number of rotatable bonds is 2. The third-order valence-corrected chi connectivity index (χ3v) is 3.48. The van der Waals surface area contributed by atoms with Gasteiger partial charge in [-0.15, -0.1) is 12.4 Å². The van der Waals surface area contributed by atoms with Gasteiger partial charge in [-0.3, -0.25) is 9.48 Å². The molecule has 102 valence electrons. The van der Waals surface area contributed by atoms with Crippen LogP contribution in [-0.4, -0.2) is 39.7 Å². The van der Waals surface area contributed by atoms with Crippen molar-refractivity contribution in [2.24, 2.45) is 18.7 Å². The molecule has 1 amide bonds. The van der Waals surface area contributed by atoms with Gasteiger partial charge in [-0.2, -0.15) is 5.10 Å². The Labute approximate surface area is 114 Å². The molecule has 0 aliphatic carbocycles. The minimum Gasteiger partial charge on any atom is -0.334 e. The minimum atomic E-state index is 0. The van der Waals surface area contributed by atoms with Crippen molar-refractivity contribution in [3.05, 3.63) is 17.5 Å². The molecule has 1 saturated heterocycles. The molecule has 2 rings (SSSR count). The van der Waals surface area contributed by atoms with Gasteiger partial charge in [0, 0.05) is 19.6 Å². The maximum Gasteiger partial charge on any atom is 0.272 e. The van der Waals surface area contributed by atoms with Gasteiger partial charge < -0.3 is 10.6 Å². The van der Waals surface area contributed by atoms with Crippen molar-refractivity contribution < 1.29 is 4.79 Å². The van der Waals surface area contributed by atoms with Crippen molar-refractivity contribution in [3.63, 3.8) is 0 Å². The molecule has 6 heteroatoms. The highest BCUT2D eigenvalue weighted by Crippen LogP contribution is 2.24. The molecule has 18 heavy (non-hydrogen) atoms. The van der Waals surface area contributed by atoms with Crippen molar-refractivity contribution in [2.45, 2.75) is 26.3 Å².